The van der Waals surface area contributed by atoms with E-state index in [1.54, 1.807) is 0 Å². The van der Waals surface area contributed by atoms with Crippen LogP contribution in [0.4, 0.5) is 0 Å². The second-order valence-electron chi connectivity index (χ2n) is 5.15. The fourth-order valence-electron chi connectivity index (χ4n) is 2.64. The minimum absolute atomic E-state index is 0.138. The van der Waals surface area contributed by atoms with Crippen molar-refractivity contribution in [2.75, 3.05) is 0 Å². The number of hydrogen-bond donors (Lipinski definition) is 0. The van der Waals surface area contributed by atoms with E-state index in [2.05, 4.69) is 48.7 Å². The maximum absolute atomic E-state index is 6.35. The molecular weight excluding hydrogens is 268 g/mol. The number of halogens is 1. The van der Waals surface area contributed by atoms with Crippen LogP contribution in [0.25, 0.3) is 16.7 Å². The monoisotopic (exact) mass is 284 g/mol. The number of nitrogens with zero attached hydrogens (tertiary/aromatic N) is 2. The Balaban J connectivity index is 2.44. The van der Waals surface area contributed by atoms with Crippen molar-refractivity contribution < 1.29 is 0 Å². The molecule has 20 heavy (non-hydrogen) atoms. The first-order valence-electron chi connectivity index (χ1n) is 6.77. The van der Waals surface area contributed by atoms with Gasteiger partial charge in [-0.3, -0.25) is 4.57 Å². The third-order valence-corrected chi connectivity index (χ3v) is 3.81. The number of rotatable bonds is 2. The summed E-state index contributed by atoms with van der Waals surface area (Å²) in [6.45, 7) is 6.19. The number of aryl methyl sites for hydroxylation is 2. The van der Waals surface area contributed by atoms with E-state index in [4.69, 9.17) is 16.6 Å². The van der Waals surface area contributed by atoms with Gasteiger partial charge in [0.1, 0.15) is 5.82 Å². The molecule has 3 rings (SSSR count). The van der Waals surface area contributed by atoms with Gasteiger partial charge in [-0.1, -0.05) is 30.3 Å². The van der Waals surface area contributed by atoms with E-state index in [0.717, 1.165) is 22.5 Å². The van der Waals surface area contributed by atoms with Crippen molar-refractivity contribution in [1.29, 1.82) is 0 Å². The molecule has 0 aliphatic rings. The van der Waals surface area contributed by atoms with Gasteiger partial charge in [-0.15, -0.1) is 11.6 Å². The normalized spacial score (nSPS) is 12.8. The zero-order valence-corrected chi connectivity index (χ0v) is 12.6. The summed E-state index contributed by atoms with van der Waals surface area (Å²) >= 11 is 6.35. The largest absolute Gasteiger partial charge is 0.295 e. The molecule has 3 heteroatoms. The van der Waals surface area contributed by atoms with Crippen LogP contribution in [0.2, 0.25) is 0 Å². The summed E-state index contributed by atoms with van der Waals surface area (Å²) in [4.78, 5) is 4.72. The predicted molar refractivity (Wildman–Crippen MR) is 84.8 cm³/mol. The molecule has 0 saturated carbocycles. The van der Waals surface area contributed by atoms with E-state index >= 15 is 0 Å². The summed E-state index contributed by atoms with van der Waals surface area (Å²) in [6.07, 6.45) is 0. The quantitative estimate of drug-likeness (QED) is 0.609. The Kier molecular flexibility index (Phi) is 3.27. The molecule has 0 fully saturated rings. The van der Waals surface area contributed by atoms with Gasteiger partial charge in [0, 0.05) is 0 Å². The molecule has 3 aromatic rings. The van der Waals surface area contributed by atoms with Crippen molar-refractivity contribution in [3.05, 3.63) is 59.4 Å². The number of fused-ring (bicyclic) bond motifs is 1. The molecule has 1 aromatic heterocycles. The molecule has 1 heterocycles. The Morgan fingerprint density at radius 1 is 1.00 bits per heavy atom. The Hall–Kier alpha value is -1.80. The van der Waals surface area contributed by atoms with Gasteiger partial charge in [0.25, 0.3) is 0 Å². The van der Waals surface area contributed by atoms with Crippen molar-refractivity contribution in [3.8, 4) is 5.69 Å². The lowest BCUT2D eigenvalue weighted by Crippen LogP contribution is -2.04. The minimum Gasteiger partial charge on any atom is -0.295 e. The minimum atomic E-state index is -0.138. The number of para-hydroxylation sites is 2. The van der Waals surface area contributed by atoms with Gasteiger partial charge < -0.3 is 0 Å². The van der Waals surface area contributed by atoms with Crippen LogP contribution in [-0.2, 0) is 0 Å². The van der Waals surface area contributed by atoms with Crippen LogP contribution in [0.1, 0.15) is 29.3 Å². The molecule has 1 unspecified atom stereocenters. The average molecular weight is 285 g/mol. The molecule has 1 atom stereocenters. The molecule has 0 aliphatic heterocycles. The number of aromatic nitrogens is 2. The summed E-state index contributed by atoms with van der Waals surface area (Å²) in [5.74, 6) is 0.894. The summed E-state index contributed by atoms with van der Waals surface area (Å²) in [6, 6.07) is 14.5. The van der Waals surface area contributed by atoms with Gasteiger partial charge in [0.05, 0.1) is 22.1 Å². The third kappa shape index (κ3) is 2.01. The van der Waals surface area contributed by atoms with Gasteiger partial charge in [-0.25, -0.2) is 4.98 Å². The molecular formula is C17H17ClN2. The van der Waals surface area contributed by atoms with Gasteiger partial charge in [0.2, 0.25) is 0 Å². The van der Waals surface area contributed by atoms with Crippen LogP contribution in [-0.4, -0.2) is 9.55 Å². The smallest absolute Gasteiger partial charge is 0.132 e. The molecule has 0 amide bonds. The second-order valence-corrected chi connectivity index (χ2v) is 5.81. The lowest BCUT2D eigenvalue weighted by atomic mass is 10.1. The van der Waals surface area contributed by atoms with Crippen LogP contribution in [0.3, 0.4) is 0 Å². The van der Waals surface area contributed by atoms with E-state index in [0.29, 0.717) is 0 Å². The summed E-state index contributed by atoms with van der Waals surface area (Å²) in [5, 5.41) is -0.138. The topological polar surface area (TPSA) is 17.8 Å². The van der Waals surface area contributed by atoms with Crippen LogP contribution in [0.15, 0.2) is 42.5 Å². The number of imidazole rings is 1. The molecule has 2 aromatic carbocycles. The third-order valence-electron chi connectivity index (χ3n) is 3.62. The maximum Gasteiger partial charge on any atom is 0.132 e. The predicted octanol–water partition coefficient (Wildman–Crippen LogP) is 4.94. The summed E-state index contributed by atoms with van der Waals surface area (Å²) in [5.41, 5.74) is 5.71. The standard InChI is InChI=1S/C17H17ClN2/c1-11-7-4-5-10-15(11)20-16-12(2)8-6-9-14(16)19-17(20)13(3)18/h4-10,13H,1-3H3. The Bertz CT molecular complexity index is 772. The van der Waals surface area contributed by atoms with Gasteiger partial charge in [-0.05, 0) is 44.0 Å². The maximum atomic E-state index is 6.35. The van der Waals surface area contributed by atoms with Crippen LogP contribution in [0.5, 0.6) is 0 Å². The van der Waals surface area contributed by atoms with E-state index in [1.165, 1.54) is 11.1 Å². The van der Waals surface area contributed by atoms with Crippen molar-refractivity contribution in [2.24, 2.45) is 0 Å². The van der Waals surface area contributed by atoms with Crippen LogP contribution in [0, 0.1) is 13.8 Å². The molecule has 0 radical (unpaired) electrons. The van der Waals surface area contributed by atoms with E-state index in [-0.39, 0.29) is 5.38 Å². The van der Waals surface area contributed by atoms with Crippen molar-refractivity contribution in [2.45, 2.75) is 26.1 Å². The fraction of sp³-hybridized carbons (Fsp3) is 0.235. The lowest BCUT2D eigenvalue weighted by Gasteiger charge is -2.14. The highest BCUT2D eigenvalue weighted by atomic mass is 35.5. The molecule has 2 nitrogen and oxygen atoms in total. The van der Waals surface area contributed by atoms with Crippen molar-refractivity contribution in [1.82, 2.24) is 9.55 Å². The van der Waals surface area contributed by atoms with Crippen molar-refractivity contribution in [3.63, 3.8) is 0 Å². The Morgan fingerprint density at radius 2 is 1.70 bits per heavy atom. The molecule has 0 spiro atoms. The highest BCUT2D eigenvalue weighted by molar-refractivity contribution is 6.20. The molecule has 0 saturated heterocycles. The van der Waals surface area contributed by atoms with Crippen molar-refractivity contribution >= 4 is 22.6 Å². The van der Waals surface area contributed by atoms with Gasteiger partial charge >= 0.3 is 0 Å². The zero-order valence-electron chi connectivity index (χ0n) is 11.9. The van der Waals surface area contributed by atoms with Gasteiger partial charge in [-0.2, -0.15) is 0 Å². The van der Waals surface area contributed by atoms with E-state index < -0.39 is 0 Å². The lowest BCUT2D eigenvalue weighted by molar-refractivity contribution is 0.877. The second kappa shape index (κ2) is 4.95. The number of alkyl halides is 1. The summed E-state index contributed by atoms with van der Waals surface area (Å²) < 4.78 is 2.19. The highest BCUT2D eigenvalue weighted by Gasteiger charge is 2.18. The van der Waals surface area contributed by atoms with E-state index in [9.17, 15) is 0 Å². The first-order chi connectivity index (χ1) is 9.59. The first kappa shape index (κ1) is 13.2. The number of benzene rings is 2. The summed E-state index contributed by atoms with van der Waals surface area (Å²) in [7, 11) is 0. The number of hydrogen-bond acceptors (Lipinski definition) is 1. The fourth-order valence-corrected chi connectivity index (χ4v) is 2.78. The highest BCUT2D eigenvalue weighted by Crippen LogP contribution is 2.30. The zero-order chi connectivity index (χ0) is 14.3. The first-order valence-corrected chi connectivity index (χ1v) is 7.21. The SMILES string of the molecule is Cc1ccccc1-n1c(C(C)Cl)nc2cccc(C)c21. The molecule has 0 N–H and O–H groups in total. The van der Waals surface area contributed by atoms with Crippen LogP contribution < -0.4 is 0 Å². The van der Waals surface area contributed by atoms with Crippen LogP contribution >= 0.6 is 11.6 Å². The molecule has 0 bridgehead atoms. The Morgan fingerprint density at radius 3 is 2.40 bits per heavy atom. The van der Waals surface area contributed by atoms with E-state index in [1.807, 2.05) is 19.1 Å². The Labute approximate surface area is 124 Å². The van der Waals surface area contributed by atoms with Gasteiger partial charge in [0.15, 0.2) is 0 Å². The average Bonchev–Trinajstić information content (AvgIpc) is 2.80. The molecule has 102 valence electrons. The molecule has 0 aliphatic carbocycles.